The number of nitrogens with one attached hydrogen (secondary N) is 2. The van der Waals surface area contributed by atoms with Crippen molar-refractivity contribution >= 4 is 6.03 Å². The van der Waals surface area contributed by atoms with Gasteiger partial charge in [0, 0.05) is 43.1 Å². The number of hydrogen-bond acceptors (Lipinski definition) is 3. The lowest BCUT2D eigenvalue weighted by Gasteiger charge is -2.56. The molecule has 2 saturated carbocycles. The molecule has 4 unspecified atom stereocenters. The van der Waals surface area contributed by atoms with Gasteiger partial charge in [-0.05, 0) is 25.7 Å². The molecule has 0 aromatic heterocycles. The van der Waals surface area contributed by atoms with Crippen molar-refractivity contribution in [1.29, 1.82) is 0 Å². The lowest BCUT2D eigenvalue weighted by atomic mass is 9.54. The first kappa shape index (κ1) is 17.4. The summed E-state index contributed by atoms with van der Waals surface area (Å²) >= 11 is 0. The van der Waals surface area contributed by atoms with E-state index in [-0.39, 0.29) is 36.2 Å². The van der Waals surface area contributed by atoms with Crippen molar-refractivity contribution in [2.24, 2.45) is 11.3 Å². The van der Waals surface area contributed by atoms with E-state index in [1.807, 2.05) is 0 Å². The summed E-state index contributed by atoms with van der Waals surface area (Å²) in [5, 5.41) is 6.02. The van der Waals surface area contributed by atoms with Crippen molar-refractivity contribution in [3.63, 3.8) is 0 Å². The van der Waals surface area contributed by atoms with E-state index in [2.05, 4.69) is 10.6 Å². The van der Waals surface area contributed by atoms with Crippen LogP contribution in [-0.4, -0.2) is 61.5 Å². The molecular formula is C17H26F3N3O2. The zero-order chi connectivity index (χ0) is 17.7. The van der Waals surface area contributed by atoms with Gasteiger partial charge in [0.25, 0.3) is 0 Å². The molecule has 4 aliphatic rings. The van der Waals surface area contributed by atoms with Crippen LogP contribution < -0.4 is 10.6 Å². The largest absolute Gasteiger partial charge is 0.401 e. The fraction of sp³-hybridized carbons (Fsp3) is 0.941. The molecule has 5 nitrogen and oxygen atoms in total. The van der Waals surface area contributed by atoms with Gasteiger partial charge in [-0.1, -0.05) is 12.8 Å². The van der Waals surface area contributed by atoms with Crippen LogP contribution in [0.2, 0.25) is 0 Å². The summed E-state index contributed by atoms with van der Waals surface area (Å²) in [5.74, 6) is 0.397. The third-order valence-corrected chi connectivity index (χ3v) is 6.58. The summed E-state index contributed by atoms with van der Waals surface area (Å²) in [6, 6.07) is -0.298. The highest BCUT2D eigenvalue weighted by molar-refractivity contribution is 5.75. The molecule has 4 fully saturated rings. The first-order valence-electron chi connectivity index (χ1n) is 9.35. The minimum absolute atomic E-state index is 0.0938. The Bertz CT molecular complexity index is 522. The van der Waals surface area contributed by atoms with Gasteiger partial charge in [0.2, 0.25) is 0 Å². The van der Waals surface area contributed by atoms with Crippen LogP contribution in [0.25, 0.3) is 0 Å². The SMILES string of the molecule is O=C(NC1CCN(CC(F)(F)F)C1)NC1C2CCOC2C12CCCC2. The van der Waals surface area contributed by atoms with Crippen LogP contribution in [-0.2, 0) is 4.74 Å². The number of fused-ring (bicyclic) bond motifs is 2. The van der Waals surface area contributed by atoms with E-state index in [0.717, 1.165) is 25.9 Å². The Balaban J connectivity index is 1.29. The fourth-order valence-electron chi connectivity index (χ4n) is 5.62. The van der Waals surface area contributed by atoms with Crippen molar-refractivity contribution in [3.8, 4) is 0 Å². The molecule has 1 spiro atoms. The molecule has 2 aliphatic carbocycles. The van der Waals surface area contributed by atoms with E-state index in [1.165, 1.54) is 17.7 Å². The Hall–Kier alpha value is -1.02. The van der Waals surface area contributed by atoms with Crippen molar-refractivity contribution in [2.45, 2.75) is 62.9 Å². The summed E-state index contributed by atoms with van der Waals surface area (Å²) in [6.45, 7) is 0.500. The van der Waals surface area contributed by atoms with Crippen LogP contribution in [0.1, 0.15) is 38.5 Å². The van der Waals surface area contributed by atoms with Crippen LogP contribution in [0.15, 0.2) is 0 Å². The smallest absolute Gasteiger partial charge is 0.377 e. The van der Waals surface area contributed by atoms with Gasteiger partial charge in [-0.25, -0.2) is 4.79 Å². The van der Waals surface area contributed by atoms with Crippen LogP contribution in [0, 0.1) is 11.3 Å². The number of hydrogen-bond donors (Lipinski definition) is 2. The van der Waals surface area contributed by atoms with E-state index in [4.69, 9.17) is 4.74 Å². The van der Waals surface area contributed by atoms with E-state index in [9.17, 15) is 18.0 Å². The zero-order valence-electron chi connectivity index (χ0n) is 14.3. The van der Waals surface area contributed by atoms with Gasteiger partial charge in [-0.3, -0.25) is 4.90 Å². The third-order valence-electron chi connectivity index (χ3n) is 6.58. The maximum atomic E-state index is 12.5. The Morgan fingerprint density at radius 2 is 1.96 bits per heavy atom. The number of ether oxygens (including phenoxy) is 1. The number of nitrogens with zero attached hydrogens (tertiary/aromatic N) is 1. The van der Waals surface area contributed by atoms with Crippen LogP contribution in [0.3, 0.4) is 0 Å². The fourth-order valence-corrected chi connectivity index (χ4v) is 5.62. The van der Waals surface area contributed by atoms with E-state index >= 15 is 0 Å². The molecule has 4 rings (SSSR count). The predicted octanol–water partition coefficient (Wildman–Crippen LogP) is 2.27. The molecule has 0 radical (unpaired) electrons. The molecule has 2 heterocycles. The summed E-state index contributed by atoms with van der Waals surface area (Å²) in [7, 11) is 0. The number of alkyl halides is 3. The quantitative estimate of drug-likeness (QED) is 0.811. The van der Waals surface area contributed by atoms with Crippen molar-refractivity contribution in [3.05, 3.63) is 0 Å². The van der Waals surface area contributed by atoms with Gasteiger partial charge < -0.3 is 15.4 Å². The molecule has 2 N–H and O–H groups in total. The molecule has 8 heteroatoms. The standard InChI is InChI=1S/C17H26F3N3O2/c18-17(19,20)10-23-7-3-11(9-23)21-15(24)22-13-12-4-8-25-14(12)16(13)5-1-2-6-16/h11-14H,1-10H2,(H2,21,22,24). The van der Waals surface area contributed by atoms with E-state index in [1.54, 1.807) is 0 Å². The maximum absolute atomic E-state index is 12.5. The summed E-state index contributed by atoms with van der Waals surface area (Å²) in [6.07, 6.45) is 2.21. The number of urea groups is 1. The topological polar surface area (TPSA) is 53.6 Å². The highest BCUT2D eigenvalue weighted by atomic mass is 19.4. The average molecular weight is 361 g/mol. The second kappa shape index (κ2) is 6.30. The number of carbonyl (C=O) groups is 1. The van der Waals surface area contributed by atoms with Gasteiger partial charge in [0.1, 0.15) is 0 Å². The second-order valence-electron chi connectivity index (χ2n) is 8.12. The number of halogens is 3. The van der Waals surface area contributed by atoms with Gasteiger partial charge >= 0.3 is 12.2 Å². The molecular weight excluding hydrogens is 335 g/mol. The van der Waals surface area contributed by atoms with E-state index < -0.39 is 12.7 Å². The monoisotopic (exact) mass is 361 g/mol. The minimum Gasteiger partial charge on any atom is -0.377 e. The molecule has 2 aliphatic heterocycles. The predicted molar refractivity (Wildman–Crippen MR) is 85.1 cm³/mol. The summed E-state index contributed by atoms with van der Waals surface area (Å²) in [4.78, 5) is 13.8. The average Bonchev–Trinajstić information content (AvgIpc) is 3.23. The molecule has 2 saturated heterocycles. The van der Waals surface area contributed by atoms with Crippen LogP contribution >= 0.6 is 0 Å². The number of carbonyl (C=O) groups excluding carboxylic acids is 1. The molecule has 2 amide bonds. The molecule has 25 heavy (non-hydrogen) atoms. The lowest BCUT2D eigenvalue weighted by Crippen LogP contribution is -2.69. The highest BCUT2D eigenvalue weighted by Crippen LogP contribution is 2.60. The Labute approximate surface area is 145 Å². The van der Waals surface area contributed by atoms with Crippen molar-refractivity contribution in [2.75, 3.05) is 26.2 Å². The number of rotatable bonds is 3. The maximum Gasteiger partial charge on any atom is 0.401 e. The summed E-state index contributed by atoms with van der Waals surface area (Å²) < 4.78 is 43.3. The van der Waals surface area contributed by atoms with Gasteiger partial charge in [-0.15, -0.1) is 0 Å². The molecule has 4 atom stereocenters. The van der Waals surface area contributed by atoms with Crippen LogP contribution in [0.5, 0.6) is 0 Å². The first-order chi connectivity index (χ1) is 11.9. The lowest BCUT2D eigenvalue weighted by molar-refractivity contribution is -0.143. The van der Waals surface area contributed by atoms with Gasteiger partial charge in [0.05, 0.1) is 12.6 Å². The Kier molecular flexibility index (Phi) is 4.38. The normalized spacial score (nSPS) is 37.1. The molecule has 0 aromatic carbocycles. The first-order valence-corrected chi connectivity index (χ1v) is 9.35. The van der Waals surface area contributed by atoms with Crippen molar-refractivity contribution < 1.29 is 22.7 Å². The van der Waals surface area contributed by atoms with Crippen LogP contribution in [0.4, 0.5) is 18.0 Å². The zero-order valence-corrected chi connectivity index (χ0v) is 14.3. The molecule has 142 valence electrons. The minimum atomic E-state index is -4.19. The Morgan fingerprint density at radius 1 is 1.20 bits per heavy atom. The van der Waals surface area contributed by atoms with Gasteiger partial charge in [0.15, 0.2) is 0 Å². The molecule has 0 bridgehead atoms. The summed E-state index contributed by atoms with van der Waals surface area (Å²) in [5.41, 5.74) is 0.0938. The second-order valence-corrected chi connectivity index (χ2v) is 8.12. The Morgan fingerprint density at radius 3 is 2.68 bits per heavy atom. The number of amides is 2. The highest BCUT2D eigenvalue weighted by Gasteiger charge is 2.65. The van der Waals surface area contributed by atoms with Crippen molar-refractivity contribution in [1.82, 2.24) is 15.5 Å². The third kappa shape index (κ3) is 3.23. The molecule has 0 aromatic rings. The number of likely N-dealkylation sites (tertiary alicyclic amines) is 1. The van der Waals surface area contributed by atoms with Gasteiger partial charge in [-0.2, -0.15) is 13.2 Å². The van der Waals surface area contributed by atoms with E-state index in [0.29, 0.717) is 18.9 Å².